The molecule has 0 saturated carbocycles. The van der Waals surface area contributed by atoms with Crippen LogP contribution < -0.4 is 4.74 Å². The van der Waals surface area contributed by atoms with Crippen molar-refractivity contribution in [1.29, 1.82) is 0 Å². The normalized spacial score (nSPS) is 10.8. The number of fused-ring (bicyclic) bond motifs is 1. The zero-order valence-electron chi connectivity index (χ0n) is 10.5. The lowest BCUT2D eigenvalue weighted by atomic mass is 10.2. The fraction of sp³-hybridized carbons (Fsp3) is 0.133. The highest BCUT2D eigenvalue weighted by atomic mass is 35.5. The standard InChI is InChI=1S/C15H13ClN2O/c1-18-13(10-19-14-3-2-6-17-9-14)7-11-4-5-12(16)8-15(11)18/h2-9H,10H2,1H3. The van der Waals surface area contributed by atoms with E-state index in [1.807, 2.05) is 37.4 Å². The van der Waals surface area contributed by atoms with Crippen molar-refractivity contribution in [2.75, 3.05) is 0 Å². The van der Waals surface area contributed by atoms with Gasteiger partial charge >= 0.3 is 0 Å². The summed E-state index contributed by atoms with van der Waals surface area (Å²) in [6, 6.07) is 11.7. The number of ether oxygens (including phenoxy) is 1. The van der Waals surface area contributed by atoms with E-state index in [1.54, 1.807) is 12.4 Å². The first-order valence-corrected chi connectivity index (χ1v) is 6.38. The van der Waals surface area contributed by atoms with E-state index >= 15 is 0 Å². The first-order chi connectivity index (χ1) is 9.24. The van der Waals surface area contributed by atoms with E-state index in [4.69, 9.17) is 16.3 Å². The van der Waals surface area contributed by atoms with Crippen molar-refractivity contribution in [2.24, 2.45) is 7.05 Å². The second kappa shape index (κ2) is 4.94. The molecule has 0 radical (unpaired) electrons. The number of pyridine rings is 1. The Morgan fingerprint density at radius 1 is 1.26 bits per heavy atom. The molecular weight excluding hydrogens is 260 g/mol. The van der Waals surface area contributed by atoms with Gasteiger partial charge in [0.15, 0.2) is 0 Å². The van der Waals surface area contributed by atoms with Gasteiger partial charge in [0, 0.05) is 29.2 Å². The lowest BCUT2D eigenvalue weighted by Crippen LogP contribution is -2.01. The smallest absolute Gasteiger partial charge is 0.138 e. The summed E-state index contributed by atoms with van der Waals surface area (Å²) in [6.07, 6.45) is 3.44. The molecule has 2 aromatic heterocycles. The van der Waals surface area contributed by atoms with E-state index in [1.165, 1.54) is 0 Å². The quantitative estimate of drug-likeness (QED) is 0.725. The number of hydrogen-bond donors (Lipinski definition) is 0. The lowest BCUT2D eigenvalue weighted by molar-refractivity contribution is 0.296. The molecule has 0 bridgehead atoms. The van der Waals surface area contributed by atoms with Crippen molar-refractivity contribution in [3.63, 3.8) is 0 Å². The molecule has 19 heavy (non-hydrogen) atoms. The number of rotatable bonds is 3. The van der Waals surface area contributed by atoms with E-state index in [2.05, 4.69) is 15.6 Å². The van der Waals surface area contributed by atoms with Crippen LogP contribution in [0.15, 0.2) is 48.8 Å². The molecule has 0 aliphatic heterocycles. The van der Waals surface area contributed by atoms with Crippen LogP contribution in [0.1, 0.15) is 5.69 Å². The molecule has 0 atom stereocenters. The highest BCUT2D eigenvalue weighted by Crippen LogP contribution is 2.23. The van der Waals surface area contributed by atoms with Crippen molar-refractivity contribution in [2.45, 2.75) is 6.61 Å². The Bertz CT molecular complexity index is 707. The van der Waals surface area contributed by atoms with Gasteiger partial charge in [0.1, 0.15) is 12.4 Å². The Morgan fingerprint density at radius 3 is 2.95 bits per heavy atom. The molecule has 0 aliphatic carbocycles. The summed E-state index contributed by atoms with van der Waals surface area (Å²) in [6.45, 7) is 0.508. The Balaban J connectivity index is 1.87. The number of hydrogen-bond acceptors (Lipinski definition) is 2. The van der Waals surface area contributed by atoms with Gasteiger partial charge in [-0.25, -0.2) is 0 Å². The highest BCUT2D eigenvalue weighted by molar-refractivity contribution is 6.31. The lowest BCUT2D eigenvalue weighted by Gasteiger charge is -2.07. The molecule has 0 N–H and O–H groups in total. The molecule has 3 aromatic rings. The molecule has 3 nitrogen and oxygen atoms in total. The number of nitrogens with zero attached hydrogens (tertiary/aromatic N) is 2. The summed E-state index contributed by atoms with van der Waals surface area (Å²) in [4.78, 5) is 4.02. The average molecular weight is 273 g/mol. The number of aromatic nitrogens is 2. The summed E-state index contributed by atoms with van der Waals surface area (Å²) < 4.78 is 7.81. The van der Waals surface area contributed by atoms with Gasteiger partial charge in [-0.2, -0.15) is 0 Å². The van der Waals surface area contributed by atoms with E-state index < -0.39 is 0 Å². The molecule has 0 fully saturated rings. The maximum Gasteiger partial charge on any atom is 0.138 e. The predicted octanol–water partition coefficient (Wildman–Crippen LogP) is 3.81. The fourth-order valence-electron chi connectivity index (χ4n) is 2.09. The van der Waals surface area contributed by atoms with Crippen molar-refractivity contribution < 1.29 is 4.74 Å². The molecule has 2 heterocycles. The van der Waals surface area contributed by atoms with Crippen LogP contribution in [0.5, 0.6) is 5.75 Å². The van der Waals surface area contributed by atoms with Gasteiger partial charge in [0.05, 0.1) is 11.9 Å². The largest absolute Gasteiger partial charge is 0.486 e. The van der Waals surface area contributed by atoms with Crippen LogP contribution in [0, 0.1) is 0 Å². The van der Waals surface area contributed by atoms with Crippen molar-refractivity contribution in [3.05, 3.63) is 59.5 Å². The van der Waals surface area contributed by atoms with Gasteiger partial charge in [-0.05, 0) is 30.3 Å². The third-order valence-electron chi connectivity index (χ3n) is 3.13. The first kappa shape index (κ1) is 12.1. The van der Waals surface area contributed by atoms with E-state index in [0.29, 0.717) is 6.61 Å². The zero-order valence-corrected chi connectivity index (χ0v) is 11.3. The fourth-order valence-corrected chi connectivity index (χ4v) is 2.25. The van der Waals surface area contributed by atoms with Crippen LogP contribution in [0.3, 0.4) is 0 Å². The van der Waals surface area contributed by atoms with Crippen LogP contribution in [0.2, 0.25) is 5.02 Å². The zero-order chi connectivity index (χ0) is 13.2. The molecule has 4 heteroatoms. The Hall–Kier alpha value is -2.00. The molecule has 1 aromatic carbocycles. The third-order valence-corrected chi connectivity index (χ3v) is 3.36. The first-order valence-electron chi connectivity index (χ1n) is 6.01. The van der Waals surface area contributed by atoms with Gasteiger partial charge in [0.25, 0.3) is 0 Å². The van der Waals surface area contributed by atoms with Crippen molar-refractivity contribution in [1.82, 2.24) is 9.55 Å². The van der Waals surface area contributed by atoms with Crippen LogP contribution in [-0.2, 0) is 13.7 Å². The number of aryl methyl sites for hydroxylation is 1. The molecule has 96 valence electrons. The van der Waals surface area contributed by atoms with Crippen LogP contribution in [0.25, 0.3) is 10.9 Å². The molecule has 0 unspecified atom stereocenters. The SMILES string of the molecule is Cn1c(COc2cccnc2)cc2ccc(Cl)cc21. The second-order valence-electron chi connectivity index (χ2n) is 4.38. The molecule has 0 spiro atoms. The van der Waals surface area contributed by atoms with Crippen molar-refractivity contribution >= 4 is 22.5 Å². The van der Waals surface area contributed by atoms with Gasteiger partial charge in [-0.3, -0.25) is 4.98 Å². The third kappa shape index (κ3) is 2.42. The Kier molecular flexibility index (Phi) is 3.13. The van der Waals surface area contributed by atoms with Gasteiger partial charge in [-0.1, -0.05) is 17.7 Å². The Labute approximate surface area is 116 Å². The minimum absolute atomic E-state index is 0.508. The van der Waals surface area contributed by atoms with E-state index in [0.717, 1.165) is 27.4 Å². The highest BCUT2D eigenvalue weighted by Gasteiger charge is 2.06. The van der Waals surface area contributed by atoms with E-state index in [9.17, 15) is 0 Å². The summed E-state index contributed by atoms with van der Waals surface area (Å²) in [5.74, 6) is 0.769. The topological polar surface area (TPSA) is 27.1 Å². The second-order valence-corrected chi connectivity index (χ2v) is 4.81. The molecule has 0 amide bonds. The average Bonchev–Trinajstić information content (AvgIpc) is 2.74. The van der Waals surface area contributed by atoms with E-state index in [-0.39, 0.29) is 0 Å². The van der Waals surface area contributed by atoms with Crippen molar-refractivity contribution in [3.8, 4) is 5.75 Å². The van der Waals surface area contributed by atoms with Crippen LogP contribution >= 0.6 is 11.6 Å². The molecule has 0 saturated heterocycles. The molecule has 3 rings (SSSR count). The summed E-state index contributed by atoms with van der Waals surface area (Å²) in [5, 5.41) is 1.91. The summed E-state index contributed by atoms with van der Waals surface area (Å²) >= 11 is 6.02. The monoisotopic (exact) mass is 272 g/mol. The number of benzene rings is 1. The minimum Gasteiger partial charge on any atom is -0.486 e. The number of halogens is 1. The Morgan fingerprint density at radius 2 is 2.16 bits per heavy atom. The molecule has 0 aliphatic rings. The maximum atomic E-state index is 6.02. The maximum absolute atomic E-state index is 6.02. The minimum atomic E-state index is 0.508. The summed E-state index contributed by atoms with van der Waals surface area (Å²) in [5.41, 5.74) is 2.21. The van der Waals surface area contributed by atoms with Crippen LogP contribution in [-0.4, -0.2) is 9.55 Å². The van der Waals surface area contributed by atoms with Gasteiger partial charge in [-0.15, -0.1) is 0 Å². The molecular formula is C15H13ClN2O. The van der Waals surface area contributed by atoms with Gasteiger partial charge in [0.2, 0.25) is 0 Å². The van der Waals surface area contributed by atoms with Gasteiger partial charge < -0.3 is 9.30 Å². The van der Waals surface area contributed by atoms with Crippen LogP contribution in [0.4, 0.5) is 0 Å². The summed E-state index contributed by atoms with van der Waals surface area (Å²) in [7, 11) is 2.01. The predicted molar refractivity (Wildman–Crippen MR) is 76.5 cm³/mol.